The first-order valence-electron chi connectivity index (χ1n) is 7.83. The average molecular weight is 397 g/mol. The molecular formula is C18H21ClN2O4S. The van der Waals surface area contributed by atoms with E-state index in [-0.39, 0.29) is 13.1 Å². The van der Waals surface area contributed by atoms with Gasteiger partial charge in [0.25, 0.3) is 0 Å². The quantitative estimate of drug-likeness (QED) is 0.780. The molecule has 0 heterocycles. The van der Waals surface area contributed by atoms with Gasteiger partial charge < -0.3 is 10.1 Å². The van der Waals surface area contributed by atoms with Gasteiger partial charge in [-0.1, -0.05) is 35.9 Å². The number of hydrogen-bond donors (Lipinski definition) is 1. The Morgan fingerprint density at radius 2 is 1.92 bits per heavy atom. The average Bonchev–Trinajstić information content (AvgIpc) is 2.55. The molecule has 6 nitrogen and oxygen atoms in total. The molecule has 26 heavy (non-hydrogen) atoms. The van der Waals surface area contributed by atoms with Gasteiger partial charge in [-0.2, -0.15) is 4.31 Å². The molecule has 0 bridgehead atoms. The topological polar surface area (TPSA) is 75.7 Å². The summed E-state index contributed by atoms with van der Waals surface area (Å²) in [6, 6.07) is 12.3. The van der Waals surface area contributed by atoms with Gasteiger partial charge in [0.05, 0.1) is 24.9 Å². The zero-order valence-electron chi connectivity index (χ0n) is 14.8. The number of benzene rings is 2. The third-order valence-corrected chi connectivity index (χ3v) is 5.32. The van der Waals surface area contributed by atoms with Crippen LogP contribution in [-0.4, -0.2) is 38.5 Å². The van der Waals surface area contributed by atoms with Crippen LogP contribution in [0.25, 0.3) is 0 Å². The van der Waals surface area contributed by atoms with Crippen LogP contribution in [0.5, 0.6) is 5.75 Å². The van der Waals surface area contributed by atoms with Crippen LogP contribution in [-0.2, 0) is 21.4 Å². The molecule has 2 rings (SSSR count). The third kappa shape index (κ3) is 5.45. The van der Waals surface area contributed by atoms with Gasteiger partial charge in [-0.05, 0) is 36.2 Å². The zero-order valence-corrected chi connectivity index (χ0v) is 16.4. The molecule has 1 amide bonds. The highest BCUT2D eigenvalue weighted by molar-refractivity contribution is 7.88. The first-order valence-corrected chi connectivity index (χ1v) is 10.1. The van der Waals surface area contributed by atoms with E-state index in [9.17, 15) is 13.2 Å². The van der Waals surface area contributed by atoms with Crippen molar-refractivity contribution < 1.29 is 17.9 Å². The van der Waals surface area contributed by atoms with Crippen LogP contribution < -0.4 is 10.1 Å². The molecule has 0 spiro atoms. The Kier molecular flexibility index (Phi) is 6.63. The Morgan fingerprint density at radius 3 is 2.50 bits per heavy atom. The molecule has 0 saturated carbocycles. The van der Waals surface area contributed by atoms with E-state index in [1.807, 2.05) is 31.2 Å². The van der Waals surface area contributed by atoms with Crippen LogP contribution in [0.1, 0.15) is 11.1 Å². The number of carbonyl (C=O) groups excluding carboxylic acids is 1. The van der Waals surface area contributed by atoms with Gasteiger partial charge in [0.1, 0.15) is 5.75 Å². The van der Waals surface area contributed by atoms with E-state index >= 15 is 0 Å². The van der Waals surface area contributed by atoms with Crippen LogP contribution in [0, 0.1) is 6.92 Å². The fourth-order valence-electron chi connectivity index (χ4n) is 2.37. The number of nitrogens with zero attached hydrogens (tertiary/aromatic N) is 1. The maximum absolute atomic E-state index is 12.3. The highest BCUT2D eigenvalue weighted by Gasteiger charge is 2.21. The van der Waals surface area contributed by atoms with Crippen molar-refractivity contribution in [2.75, 3.05) is 25.2 Å². The molecule has 0 saturated heterocycles. The molecule has 2 aromatic rings. The van der Waals surface area contributed by atoms with Crippen molar-refractivity contribution in [2.24, 2.45) is 0 Å². The van der Waals surface area contributed by atoms with Gasteiger partial charge in [0.2, 0.25) is 15.9 Å². The van der Waals surface area contributed by atoms with Crippen molar-refractivity contribution in [3.8, 4) is 5.75 Å². The van der Waals surface area contributed by atoms with Gasteiger partial charge in [-0.3, -0.25) is 4.79 Å². The molecule has 0 aliphatic heterocycles. The Labute approximate surface area is 158 Å². The van der Waals surface area contributed by atoms with Gasteiger partial charge in [0.15, 0.2) is 0 Å². The third-order valence-electron chi connectivity index (χ3n) is 3.83. The summed E-state index contributed by atoms with van der Waals surface area (Å²) < 4.78 is 30.4. The highest BCUT2D eigenvalue weighted by atomic mass is 35.5. The van der Waals surface area contributed by atoms with Crippen molar-refractivity contribution in [2.45, 2.75) is 13.5 Å². The minimum absolute atomic E-state index is 0.127. The van der Waals surface area contributed by atoms with Crippen molar-refractivity contribution in [3.05, 3.63) is 58.6 Å². The van der Waals surface area contributed by atoms with E-state index < -0.39 is 15.9 Å². The van der Waals surface area contributed by atoms with Crippen LogP contribution in [0.3, 0.4) is 0 Å². The van der Waals surface area contributed by atoms with Gasteiger partial charge in [-0.25, -0.2) is 8.42 Å². The van der Waals surface area contributed by atoms with E-state index in [1.54, 1.807) is 18.2 Å². The number of anilines is 1. The van der Waals surface area contributed by atoms with Crippen LogP contribution in [0.2, 0.25) is 5.02 Å². The SMILES string of the molecule is COc1ccc(NC(=O)CN(Cc2ccccc2C)S(C)(=O)=O)cc1Cl. The van der Waals surface area contributed by atoms with Crippen molar-refractivity contribution in [3.63, 3.8) is 0 Å². The van der Waals surface area contributed by atoms with Gasteiger partial charge in [-0.15, -0.1) is 0 Å². The number of carbonyl (C=O) groups is 1. The standard InChI is InChI=1S/C18H21ClN2O4S/c1-13-6-4-5-7-14(13)11-21(26(3,23)24)12-18(22)20-15-8-9-17(25-2)16(19)10-15/h4-10H,11-12H2,1-3H3,(H,20,22). The highest BCUT2D eigenvalue weighted by Crippen LogP contribution is 2.27. The smallest absolute Gasteiger partial charge is 0.239 e. The number of amides is 1. The Balaban J connectivity index is 2.12. The van der Waals surface area contributed by atoms with E-state index in [2.05, 4.69) is 5.32 Å². The molecule has 8 heteroatoms. The Hall–Kier alpha value is -2.09. The summed E-state index contributed by atoms with van der Waals surface area (Å²) in [5.41, 5.74) is 2.27. The number of ether oxygens (including phenoxy) is 1. The molecule has 2 aromatic carbocycles. The van der Waals surface area contributed by atoms with Gasteiger partial charge >= 0.3 is 0 Å². The molecule has 140 valence electrons. The van der Waals surface area contributed by atoms with E-state index in [0.29, 0.717) is 16.5 Å². The first kappa shape index (κ1) is 20.2. The minimum atomic E-state index is -3.56. The number of aryl methyl sites for hydroxylation is 1. The second kappa shape index (κ2) is 8.53. The Bertz CT molecular complexity index is 900. The molecule has 1 N–H and O–H groups in total. The van der Waals surface area contributed by atoms with Crippen molar-refractivity contribution in [1.82, 2.24) is 4.31 Å². The lowest BCUT2D eigenvalue weighted by Crippen LogP contribution is -2.37. The maximum Gasteiger partial charge on any atom is 0.239 e. The maximum atomic E-state index is 12.3. The number of methoxy groups -OCH3 is 1. The molecule has 0 aliphatic rings. The monoisotopic (exact) mass is 396 g/mol. The molecule has 0 atom stereocenters. The van der Waals surface area contributed by atoms with E-state index in [4.69, 9.17) is 16.3 Å². The fraction of sp³-hybridized carbons (Fsp3) is 0.278. The largest absolute Gasteiger partial charge is 0.495 e. The molecular weight excluding hydrogens is 376 g/mol. The molecule has 0 unspecified atom stereocenters. The minimum Gasteiger partial charge on any atom is -0.495 e. The molecule has 0 aromatic heterocycles. The van der Waals surface area contributed by atoms with Crippen LogP contribution in [0.15, 0.2) is 42.5 Å². The summed E-state index contributed by atoms with van der Waals surface area (Å²) in [6.45, 7) is 1.73. The Morgan fingerprint density at radius 1 is 1.23 bits per heavy atom. The second-order valence-corrected chi connectivity index (χ2v) is 8.24. The molecule has 0 fully saturated rings. The van der Waals surface area contributed by atoms with Crippen molar-refractivity contribution in [1.29, 1.82) is 0 Å². The lowest BCUT2D eigenvalue weighted by atomic mass is 10.1. The first-order chi connectivity index (χ1) is 12.2. The number of halogens is 1. The molecule has 0 radical (unpaired) electrons. The fourth-order valence-corrected chi connectivity index (χ4v) is 3.36. The summed E-state index contributed by atoms with van der Waals surface area (Å²) >= 11 is 6.03. The number of sulfonamides is 1. The number of rotatable bonds is 7. The van der Waals surface area contributed by atoms with Crippen molar-refractivity contribution >= 4 is 33.2 Å². The summed E-state index contributed by atoms with van der Waals surface area (Å²) in [5, 5.41) is 3.00. The summed E-state index contributed by atoms with van der Waals surface area (Å²) in [4.78, 5) is 12.3. The lowest BCUT2D eigenvalue weighted by molar-refractivity contribution is -0.116. The molecule has 0 aliphatic carbocycles. The summed E-state index contributed by atoms with van der Waals surface area (Å²) in [6.07, 6.45) is 1.09. The predicted octanol–water partition coefficient (Wildman–Crippen LogP) is 3.06. The number of nitrogens with one attached hydrogen (secondary N) is 1. The normalized spacial score (nSPS) is 11.4. The summed E-state index contributed by atoms with van der Waals surface area (Å²) in [5.74, 6) is 0.0345. The predicted molar refractivity (Wildman–Crippen MR) is 103 cm³/mol. The van der Waals surface area contributed by atoms with Crippen LogP contribution >= 0.6 is 11.6 Å². The lowest BCUT2D eigenvalue weighted by Gasteiger charge is -2.20. The summed E-state index contributed by atoms with van der Waals surface area (Å²) in [7, 11) is -2.06. The van der Waals surface area contributed by atoms with Crippen LogP contribution in [0.4, 0.5) is 5.69 Å². The second-order valence-electron chi connectivity index (χ2n) is 5.86. The number of hydrogen-bond acceptors (Lipinski definition) is 4. The van der Waals surface area contributed by atoms with E-state index in [1.165, 1.54) is 7.11 Å². The zero-order chi connectivity index (χ0) is 19.3. The van der Waals surface area contributed by atoms with Gasteiger partial charge in [0, 0.05) is 12.2 Å². The van der Waals surface area contributed by atoms with E-state index in [0.717, 1.165) is 21.7 Å².